The molecule has 1 fully saturated rings. The summed E-state index contributed by atoms with van der Waals surface area (Å²) in [6.45, 7) is 7.45. The van der Waals surface area contributed by atoms with Crippen molar-refractivity contribution in [3.63, 3.8) is 0 Å². The van der Waals surface area contributed by atoms with Crippen LogP contribution in [-0.4, -0.2) is 44.9 Å². The lowest BCUT2D eigenvalue weighted by atomic mass is 9.79. The Kier molecular flexibility index (Phi) is 5.50. The molecule has 0 spiro atoms. The minimum absolute atomic E-state index is 0.0114. The molecule has 1 aromatic rings. The fourth-order valence-electron chi connectivity index (χ4n) is 3.23. The largest absolute Gasteiger partial charge is 0.480 e. The molecule has 29 heavy (non-hydrogen) atoms. The van der Waals surface area contributed by atoms with E-state index in [0.717, 1.165) is 22.5 Å². The molecule has 0 bridgehead atoms. The summed E-state index contributed by atoms with van der Waals surface area (Å²) in [4.78, 5) is 39.3. The monoisotopic (exact) mass is 429 g/mol. The molecule has 156 valence electrons. The first-order valence-corrected chi connectivity index (χ1v) is 9.52. The summed E-state index contributed by atoms with van der Waals surface area (Å²) in [5.41, 5.74) is 5.18. The van der Waals surface area contributed by atoms with Crippen LogP contribution in [-0.2, 0) is 14.4 Å². The first-order chi connectivity index (χ1) is 13.4. The lowest BCUT2D eigenvalue weighted by Crippen LogP contribution is -2.45. The van der Waals surface area contributed by atoms with E-state index in [1.54, 1.807) is 12.3 Å². The minimum atomic E-state index is -5.27. The van der Waals surface area contributed by atoms with Crippen molar-refractivity contribution in [2.45, 2.75) is 45.1 Å². The number of halogens is 3. The van der Waals surface area contributed by atoms with E-state index in [2.05, 4.69) is 17.0 Å². The van der Waals surface area contributed by atoms with Crippen LogP contribution in [0.2, 0.25) is 0 Å². The van der Waals surface area contributed by atoms with Gasteiger partial charge in [0.25, 0.3) is 5.78 Å². The number of alkyl halides is 3. The maximum Gasteiger partial charge on any atom is 0.452 e. The first-order valence-electron chi connectivity index (χ1n) is 8.64. The van der Waals surface area contributed by atoms with E-state index in [9.17, 15) is 27.6 Å². The number of carboxylic acid groups (broad SMARTS) is 1. The standard InChI is InChI=1S/C18H18F3N3O4S/c1-7(2)9-4-10(8(3)12(25)5-9)11-6-29-16(22-11)15-23-24(15)13(17(27)28)14(26)18(19,20)21/h6,9,13,15,23H,1,4-5H2,2-3H3,(H,27,28). The third-order valence-electron chi connectivity index (χ3n) is 5.04. The van der Waals surface area contributed by atoms with E-state index < -0.39 is 30.1 Å². The Morgan fingerprint density at radius 1 is 1.41 bits per heavy atom. The second-order valence-corrected chi connectivity index (χ2v) is 7.98. The predicted molar refractivity (Wildman–Crippen MR) is 97.5 cm³/mol. The average Bonchev–Trinajstić information content (AvgIpc) is 3.22. The van der Waals surface area contributed by atoms with Gasteiger partial charge in [-0.05, 0) is 37.3 Å². The number of hydrazine groups is 1. The molecule has 1 aliphatic heterocycles. The summed E-state index contributed by atoms with van der Waals surface area (Å²) < 4.78 is 38.0. The highest BCUT2D eigenvalue weighted by Gasteiger charge is 2.56. The molecule has 11 heteroatoms. The van der Waals surface area contributed by atoms with Gasteiger partial charge in [0.2, 0.25) is 0 Å². The average molecular weight is 429 g/mol. The molecule has 1 aromatic heterocycles. The number of hydrogen-bond donors (Lipinski definition) is 2. The van der Waals surface area contributed by atoms with Crippen LogP contribution < -0.4 is 5.43 Å². The molecular formula is C18H18F3N3O4S. The van der Waals surface area contributed by atoms with Crippen molar-refractivity contribution >= 4 is 34.4 Å². The van der Waals surface area contributed by atoms with E-state index in [1.807, 2.05) is 6.92 Å². The molecule has 1 aliphatic carbocycles. The number of thiazole rings is 1. The molecule has 0 aromatic carbocycles. The van der Waals surface area contributed by atoms with Crippen molar-refractivity contribution in [3.05, 3.63) is 33.8 Å². The number of aliphatic carboxylic acids is 1. The van der Waals surface area contributed by atoms with E-state index >= 15 is 0 Å². The van der Waals surface area contributed by atoms with Gasteiger partial charge < -0.3 is 5.11 Å². The third kappa shape index (κ3) is 4.16. The van der Waals surface area contributed by atoms with Crippen molar-refractivity contribution < 1.29 is 32.7 Å². The minimum Gasteiger partial charge on any atom is -0.480 e. The van der Waals surface area contributed by atoms with E-state index in [4.69, 9.17) is 5.11 Å². The van der Waals surface area contributed by atoms with Crippen LogP contribution in [0.4, 0.5) is 13.2 Å². The van der Waals surface area contributed by atoms with Crippen molar-refractivity contribution in [3.8, 4) is 0 Å². The zero-order valence-electron chi connectivity index (χ0n) is 15.5. The summed E-state index contributed by atoms with van der Waals surface area (Å²) in [7, 11) is 0. The summed E-state index contributed by atoms with van der Waals surface area (Å²) in [6, 6.07) is -2.39. The molecule has 4 atom stereocenters. The van der Waals surface area contributed by atoms with E-state index in [-0.39, 0.29) is 11.7 Å². The van der Waals surface area contributed by atoms with Crippen LogP contribution in [0.5, 0.6) is 0 Å². The van der Waals surface area contributed by atoms with Gasteiger partial charge in [-0.25, -0.2) is 15.2 Å². The molecule has 1 saturated heterocycles. The Bertz CT molecular complexity index is 937. The maximum absolute atomic E-state index is 12.7. The maximum atomic E-state index is 12.7. The number of carboxylic acids is 1. The fraction of sp³-hybridized carbons (Fsp3) is 0.444. The highest BCUT2D eigenvalue weighted by molar-refractivity contribution is 7.09. The molecule has 0 radical (unpaired) electrons. The fourth-order valence-corrected chi connectivity index (χ4v) is 4.11. The zero-order chi connectivity index (χ0) is 21.7. The third-order valence-corrected chi connectivity index (χ3v) is 5.93. The number of nitrogens with one attached hydrogen (secondary N) is 1. The Balaban J connectivity index is 1.82. The SMILES string of the molecule is C=C(C)C1CC(=O)C(C)=C(c2csc(C3NN3C(C(=O)O)C(=O)C(F)(F)F)n2)C1. The molecule has 2 aliphatic rings. The summed E-state index contributed by atoms with van der Waals surface area (Å²) >= 11 is 1.11. The van der Waals surface area contributed by atoms with Gasteiger partial charge in [0, 0.05) is 11.8 Å². The second kappa shape index (κ2) is 7.47. The number of carbonyl (C=O) groups excluding carboxylic acids is 2. The number of allylic oxidation sites excluding steroid dienone is 3. The number of ketones is 2. The number of carbonyl (C=O) groups is 3. The van der Waals surface area contributed by atoms with Gasteiger partial charge in [-0.1, -0.05) is 12.2 Å². The normalized spacial score (nSPS) is 25.7. The summed E-state index contributed by atoms with van der Waals surface area (Å²) in [5.74, 6) is -4.29. The van der Waals surface area contributed by atoms with Gasteiger partial charge in [0.1, 0.15) is 11.2 Å². The van der Waals surface area contributed by atoms with E-state index in [0.29, 0.717) is 34.1 Å². The number of Topliss-reactive ketones (excluding diaryl/α,β-unsaturated/α-hetero) is 2. The van der Waals surface area contributed by atoms with E-state index in [1.165, 1.54) is 0 Å². The summed E-state index contributed by atoms with van der Waals surface area (Å²) in [5, 5.41) is 11.8. The number of nitrogens with zero attached hydrogens (tertiary/aromatic N) is 2. The first kappa shape index (κ1) is 21.3. The topological polar surface area (TPSA) is 109 Å². The molecule has 2 N–H and O–H groups in total. The lowest BCUT2D eigenvalue weighted by molar-refractivity contribution is -0.179. The number of rotatable bonds is 6. The van der Waals surface area contributed by atoms with Gasteiger partial charge in [0.05, 0.1) is 5.69 Å². The summed E-state index contributed by atoms with van der Waals surface area (Å²) in [6.07, 6.45) is -5.24. The van der Waals surface area contributed by atoms with Gasteiger partial charge >= 0.3 is 12.1 Å². The van der Waals surface area contributed by atoms with Gasteiger partial charge in [-0.3, -0.25) is 9.59 Å². The van der Waals surface area contributed by atoms with Crippen LogP contribution in [0.3, 0.4) is 0 Å². The highest BCUT2D eigenvalue weighted by atomic mass is 32.1. The molecular weight excluding hydrogens is 411 g/mol. The van der Waals surface area contributed by atoms with Crippen molar-refractivity contribution in [2.75, 3.05) is 0 Å². The van der Waals surface area contributed by atoms with Crippen LogP contribution >= 0.6 is 11.3 Å². The Morgan fingerprint density at radius 3 is 2.62 bits per heavy atom. The number of aromatic nitrogens is 1. The van der Waals surface area contributed by atoms with Crippen molar-refractivity contribution in [2.24, 2.45) is 5.92 Å². The Labute approximate surface area is 167 Å². The van der Waals surface area contributed by atoms with Gasteiger partial charge in [-0.2, -0.15) is 18.2 Å². The van der Waals surface area contributed by atoms with Crippen LogP contribution in [0, 0.1) is 5.92 Å². The molecule has 2 heterocycles. The van der Waals surface area contributed by atoms with Crippen molar-refractivity contribution in [1.29, 1.82) is 0 Å². The Hall–Kier alpha value is -2.37. The smallest absolute Gasteiger partial charge is 0.452 e. The number of hydrogen-bond acceptors (Lipinski definition) is 7. The molecule has 3 rings (SSSR count). The Morgan fingerprint density at radius 2 is 2.07 bits per heavy atom. The van der Waals surface area contributed by atoms with Crippen molar-refractivity contribution in [1.82, 2.24) is 15.4 Å². The van der Waals surface area contributed by atoms with Crippen LogP contribution in [0.25, 0.3) is 5.57 Å². The second-order valence-electron chi connectivity index (χ2n) is 7.09. The molecule has 0 saturated carbocycles. The molecule has 4 unspecified atom stereocenters. The molecule has 7 nitrogen and oxygen atoms in total. The van der Waals surface area contributed by atoms with Gasteiger partial charge in [-0.15, -0.1) is 11.3 Å². The molecule has 0 amide bonds. The lowest BCUT2D eigenvalue weighted by Gasteiger charge is -2.24. The predicted octanol–water partition coefficient (Wildman–Crippen LogP) is 2.88. The quantitative estimate of drug-likeness (QED) is 0.407. The van der Waals surface area contributed by atoms with Gasteiger partial charge in [0.15, 0.2) is 11.8 Å². The van der Waals surface area contributed by atoms with Crippen LogP contribution in [0.1, 0.15) is 43.6 Å². The zero-order valence-corrected chi connectivity index (χ0v) is 16.4. The van der Waals surface area contributed by atoms with Crippen LogP contribution in [0.15, 0.2) is 23.1 Å². The highest BCUT2D eigenvalue weighted by Crippen LogP contribution is 2.40.